The highest BCUT2D eigenvalue weighted by molar-refractivity contribution is 6.42. The van der Waals surface area contributed by atoms with E-state index in [2.05, 4.69) is 15.3 Å². The van der Waals surface area contributed by atoms with Gasteiger partial charge in [0.05, 0.1) is 22.3 Å². The summed E-state index contributed by atoms with van der Waals surface area (Å²) in [6.07, 6.45) is 2.47. The molecule has 1 unspecified atom stereocenters. The lowest BCUT2D eigenvalue weighted by Crippen LogP contribution is -2.15. The van der Waals surface area contributed by atoms with Crippen LogP contribution in [0.25, 0.3) is 10.9 Å². The third-order valence-electron chi connectivity index (χ3n) is 4.46. The zero-order chi connectivity index (χ0) is 20.5. The molecule has 0 aliphatic heterocycles. The van der Waals surface area contributed by atoms with Crippen LogP contribution in [-0.4, -0.2) is 15.1 Å². The van der Waals surface area contributed by atoms with Gasteiger partial charge in [0.2, 0.25) is 0 Å². The first-order valence-corrected chi connectivity index (χ1v) is 9.29. The van der Waals surface area contributed by atoms with Crippen molar-refractivity contribution in [3.05, 3.63) is 93.7 Å². The molecule has 0 bridgehead atoms. The van der Waals surface area contributed by atoms with E-state index in [9.17, 15) is 13.9 Å². The minimum atomic E-state index is -0.867. The van der Waals surface area contributed by atoms with E-state index in [1.807, 2.05) is 6.07 Å². The third-order valence-corrected chi connectivity index (χ3v) is 5.20. The van der Waals surface area contributed by atoms with Gasteiger partial charge in [-0.15, -0.1) is 0 Å². The number of anilines is 1. The number of nitrogens with one attached hydrogen (secondary N) is 1. The molecule has 1 atom stereocenters. The van der Waals surface area contributed by atoms with Gasteiger partial charge in [-0.2, -0.15) is 0 Å². The zero-order valence-electron chi connectivity index (χ0n) is 14.7. The van der Waals surface area contributed by atoms with Crippen molar-refractivity contribution in [1.82, 2.24) is 9.97 Å². The Bertz CT molecular complexity index is 1220. The first-order valence-electron chi connectivity index (χ1n) is 8.53. The maximum Gasteiger partial charge on any atom is 0.168 e. The topological polar surface area (TPSA) is 58.0 Å². The normalized spacial score (nSPS) is 12.1. The summed E-state index contributed by atoms with van der Waals surface area (Å²) in [6, 6.07) is 11.9. The number of benzene rings is 2. The van der Waals surface area contributed by atoms with E-state index in [1.54, 1.807) is 42.6 Å². The molecule has 0 radical (unpaired) electrons. The van der Waals surface area contributed by atoms with E-state index in [0.717, 1.165) is 17.6 Å². The number of aromatic nitrogens is 2. The van der Waals surface area contributed by atoms with Crippen molar-refractivity contribution < 1.29 is 13.9 Å². The fourth-order valence-electron chi connectivity index (χ4n) is 3.07. The van der Waals surface area contributed by atoms with E-state index >= 15 is 0 Å². The number of nitrogens with zero attached hydrogens (tertiary/aromatic N) is 2. The molecule has 29 heavy (non-hydrogen) atoms. The molecule has 0 amide bonds. The first-order chi connectivity index (χ1) is 13.9. The first kappa shape index (κ1) is 19.4. The van der Waals surface area contributed by atoms with Gasteiger partial charge in [0.15, 0.2) is 11.6 Å². The summed E-state index contributed by atoms with van der Waals surface area (Å²) in [6.45, 7) is 0. The SMILES string of the molecule is Oc1c(C(Nc2ncc(F)cc2F)c2ccc(Cl)c(Cl)c2)ccc2cccnc12. The summed E-state index contributed by atoms with van der Waals surface area (Å²) in [5.41, 5.74) is 1.40. The molecule has 2 aromatic carbocycles. The lowest BCUT2D eigenvalue weighted by molar-refractivity contribution is 0.471. The molecule has 2 N–H and O–H groups in total. The van der Waals surface area contributed by atoms with Gasteiger partial charge < -0.3 is 10.4 Å². The second-order valence-corrected chi connectivity index (χ2v) is 7.13. The Hall–Kier alpha value is -2.96. The molecule has 0 aliphatic carbocycles. The van der Waals surface area contributed by atoms with Gasteiger partial charge in [-0.3, -0.25) is 4.98 Å². The molecule has 146 valence electrons. The quantitative estimate of drug-likeness (QED) is 0.408. The van der Waals surface area contributed by atoms with Gasteiger partial charge in [-0.1, -0.05) is 47.5 Å². The second kappa shape index (κ2) is 7.81. The number of fused-ring (bicyclic) bond motifs is 1. The van der Waals surface area contributed by atoms with Crippen molar-refractivity contribution in [1.29, 1.82) is 0 Å². The smallest absolute Gasteiger partial charge is 0.168 e. The Kier molecular flexibility index (Phi) is 5.22. The highest BCUT2D eigenvalue weighted by Gasteiger charge is 2.22. The molecule has 8 heteroatoms. The van der Waals surface area contributed by atoms with E-state index in [-0.39, 0.29) is 11.6 Å². The molecule has 0 spiro atoms. The van der Waals surface area contributed by atoms with Crippen molar-refractivity contribution in [2.24, 2.45) is 0 Å². The number of halogens is 4. The van der Waals surface area contributed by atoms with Gasteiger partial charge in [0, 0.05) is 23.2 Å². The lowest BCUT2D eigenvalue weighted by Gasteiger charge is -2.22. The average molecular weight is 432 g/mol. The molecular weight excluding hydrogens is 419 g/mol. The molecule has 0 saturated heterocycles. The van der Waals surface area contributed by atoms with Crippen LogP contribution in [0.15, 0.2) is 60.9 Å². The molecule has 0 aliphatic rings. The maximum absolute atomic E-state index is 14.3. The predicted molar refractivity (Wildman–Crippen MR) is 109 cm³/mol. The van der Waals surface area contributed by atoms with Crippen LogP contribution >= 0.6 is 23.2 Å². The fraction of sp³-hybridized carbons (Fsp3) is 0.0476. The summed E-state index contributed by atoms with van der Waals surface area (Å²) >= 11 is 12.2. The number of hydrogen-bond acceptors (Lipinski definition) is 4. The molecule has 2 aromatic heterocycles. The molecule has 4 nitrogen and oxygen atoms in total. The minimum Gasteiger partial charge on any atom is -0.505 e. The fourth-order valence-corrected chi connectivity index (χ4v) is 3.37. The molecule has 4 rings (SSSR count). The van der Waals surface area contributed by atoms with Crippen molar-refractivity contribution in [3.63, 3.8) is 0 Å². The van der Waals surface area contributed by atoms with Crippen LogP contribution in [0.1, 0.15) is 17.2 Å². The van der Waals surface area contributed by atoms with Crippen LogP contribution in [0.2, 0.25) is 10.0 Å². The lowest BCUT2D eigenvalue weighted by atomic mass is 9.96. The Labute approximate surface area is 174 Å². The number of aromatic hydroxyl groups is 1. The van der Waals surface area contributed by atoms with Gasteiger partial charge in [0.25, 0.3) is 0 Å². The van der Waals surface area contributed by atoms with Crippen molar-refractivity contribution >= 4 is 39.9 Å². The molecular formula is C21H13Cl2F2N3O. The summed E-state index contributed by atoms with van der Waals surface area (Å²) in [7, 11) is 0. The Balaban J connectivity index is 1.88. The van der Waals surface area contributed by atoms with Gasteiger partial charge >= 0.3 is 0 Å². The number of phenolic OH excluding ortho intramolecular Hbond substituents is 1. The predicted octanol–water partition coefficient (Wildman–Crippen LogP) is 6.12. The van der Waals surface area contributed by atoms with E-state index in [0.29, 0.717) is 26.7 Å². The molecule has 4 aromatic rings. The van der Waals surface area contributed by atoms with Gasteiger partial charge in [-0.25, -0.2) is 13.8 Å². The van der Waals surface area contributed by atoms with Crippen molar-refractivity contribution in [2.45, 2.75) is 6.04 Å². The maximum atomic E-state index is 14.3. The third kappa shape index (κ3) is 3.81. The Morgan fingerprint density at radius 2 is 1.79 bits per heavy atom. The monoisotopic (exact) mass is 431 g/mol. The number of hydrogen-bond donors (Lipinski definition) is 2. The largest absolute Gasteiger partial charge is 0.505 e. The van der Waals surface area contributed by atoms with E-state index < -0.39 is 17.7 Å². The Morgan fingerprint density at radius 1 is 0.966 bits per heavy atom. The number of rotatable bonds is 4. The van der Waals surface area contributed by atoms with E-state index in [1.165, 1.54) is 0 Å². The summed E-state index contributed by atoms with van der Waals surface area (Å²) in [4.78, 5) is 8.00. The van der Waals surface area contributed by atoms with Crippen LogP contribution in [-0.2, 0) is 0 Å². The van der Waals surface area contributed by atoms with Gasteiger partial charge in [-0.05, 0) is 23.8 Å². The molecule has 0 fully saturated rings. The zero-order valence-corrected chi connectivity index (χ0v) is 16.2. The van der Waals surface area contributed by atoms with Crippen molar-refractivity contribution in [2.75, 3.05) is 5.32 Å². The van der Waals surface area contributed by atoms with Crippen molar-refractivity contribution in [3.8, 4) is 5.75 Å². The number of phenols is 1. The minimum absolute atomic E-state index is 0.0748. The van der Waals surface area contributed by atoms with Crippen LogP contribution in [0.5, 0.6) is 5.75 Å². The van der Waals surface area contributed by atoms with E-state index in [4.69, 9.17) is 23.2 Å². The summed E-state index contributed by atoms with van der Waals surface area (Å²) in [5.74, 6) is -1.91. The highest BCUT2D eigenvalue weighted by Crippen LogP contribution is 2.38. The number of pyridine rings is 2. The standard InChI is InChI=1S/C21H13Cl2F2N3O/c22-15-6-4-12(8-16(15)23)18(28-21-17(25)9-13(24)10-27-21)14-5-3-11-2-1-7-26-19(11)20(14)29/h1-10,18,29H,(H,27,28). The highest BCUT2D eigenvalue weighted by atomic mass is 35.5. The van der Waals surface area contributed by atoms with Crippen LogP contribution in [0, 0.1) is 11.6 Å². The van der Waals surface area contributed by atoms with Crippen LogP contribution in [0.3, 0.4) is 0 Å². The summed E-state index contributed by atoms with van der Waals surface area (Å²) in [5, 5.41) is 15.2. The second-order valence-electron chi connectivity index (χ2n) is 6.31. The summed E-state index contributed by atoms with van der Waals surface area (Å²) < 4.78 is 27.5. The average Bonchev–Trinajstić information content (AvgIpc) is 2.71. The molecule has 2 heterocycles. The van der Waals surface area contributed by atoms with Gasteiger partial charge in [0.1, 0.15) is 17.1 Å². The van der Waals surface area contributed by atoms with Crippen LogP contribution in [0.4, 0.5) is 14.6 Å². The van der Waals surface area contributed by atoms with Crippen LogP contribution < -0.4 is 5.32 Å². The molecule has 0 saturated carbocycles. The Morgan fingerprint density at radius 3 is 2.55 bits per heavy atom.